The number of hydrogen-bond donors (Lipinski definition) is 2. The largest absolute Gasteiger partial charge is 0.396 e. The molecule has 0 aliphatic rings. The van der Waals surface area contributed by atoms with Gasteiger partial charge in [0.05, 0.1) is 5.69 Å². The number of aliphatic hydroxyl groups is 1. The fourth-order valence-corrected chi connectivity index (χ4v) is 1.72. The van der Waals surface area contributed by atoms with E-state index < -0.39 is 0 Å². The lowest BCUT2D eigenvalue weighted by Gasteiger charge is -2.23. The second-order valence-corrected chi connectivity index (χ2v) is 5.39. The summed E-state index contributed by atoms with van der Waals surface area (Å²) < 4.78 is 1.94. The standard InChI is InChI=1S/C14H20N4O/c1-11-15-7-8-18(11)13-12(5-4-6-16-13)17-9-14(2,3)10-19/h4-8,17,19H,9-10H2,1-3H3. The topological polar surface area (TPSA) is 63.0 Å². The highest BCUT2D eigenvalue weighted by Gasteiger charge is 2.17. The minimum absolute atomic E-state index is 0.139. The smallest absolute Gasteiger partial charge is 0.161 e. The van der Waals surface area contributed by atoms with Gasteiger partial charge < -0.3 is 10.4 Å². The normalized spacial score (nSPS) is 11.6. The molecule has 2 rings (SSSR count). The molecule has 19 heavy (non-hydrogen) atoms. The Labute approximate surface area is 113 Å². The van der Waals surface area contributed by atoms with Gasteiger partial charge in [-0.15, -0.1) is 0 Å². The molecule has 5 nitrogen and oxygen atoms in total. The summed E-state index contributed by atoms with van der Waals surface area (Å²) in [5, 5.41) is 12.6. The van der Waals surface area contributed by atoms with Gasteiger partial charge in [-0.1, -0.05) is 13.8 Å². The first-order valence-electron chi connectivity index (χ1n) is 6.33. The Morgan fingerprint density at radius 2 is 2.11 bits per heavy atom. The van der Waals surface area contributed by atoms with Crippen LogP contribution in [0.1, 0.15) is 19.7 Å². The average molecular weight is 260 g/mol. The molecule has 2 aromatic heterocycles. The predicted octanol–water partition coefficient (Wildman–Crippen LogP) is 2.01. The molecular formula is C14H20N4O. The molecule has 2 heterocycles. The van der Waals surface area contributed by atoms with Gasteiger partial charge in [0, 0.05) is 37.2 Å². The second-order valence-electron chi connectivity index (χ2n) is 5.39. The van der Waals surface area contributed by atoms with E-state index in [0.29, 0.717) is 6.54 Å². The first kappa shape index (κ1) is 13.5. The monoisotopic (exact) mass is 260 g/mol. The SMILES string of the molecule is Cc1nccn1-c1ncccc1NCC(C)(C)CO. The highest BCUT2D eigenvalue weighted by atomic mass is 16.3. The van der Waals surface area contributed by atoms with Crippen LogP contribution in [0.4, 0.5) is 5.69 Å². The number of imidazole rings is 1. The lowest BCUT2D eigenvalue weighted by Crippen LogP contribution is -2.27. The predicted molar refractivity (Wildman–Crippen MR) is 75.5 cm³/mol. The Morgan fingerprint density at radius 1 is 1.32 bits per heavy atom. The molecule has 0 spiro atoms. The molecule has 0 bridgehead atoms. The van der Waals surface area contributed by atoms with Gasteiger partial charge in [0.1, 0.15) is 5.82 Å². The Hall–Kier alpha value is -1.88. The first-order valence-corrected chi connectivity index (χ1v) is 6.33. The summed E-state index contributed by atoms with van der Waals surface area (Å²) in [6, 6.07) is 3.87. The van der Waals surface area contributed by atoms with Crippen LogP contribution in [0.2, 0.25) is 0 Å². The lowest BCUT2D eigenvalue weighted by molar-refractivity contribution is 0.171. The van der Waals surface area contributed by atoms with Gasteiger partial charge in [0.15, 0.2) is 5.82 Å². The van der Waals surface area contributed by atoms with Crippen LogP contribution in [0, 0.1) is 12.3 Å². The fraction of sp³-hybridized carbons (Fsp3) is 0.429. The van der Waals surface area contributed by atoms with Gasteiger partial charge in [-0.25, -0.2) is 9.97 Å². The number of aryl methyl sites for hydroxylation is 1. The van der Waals surface area contributed by atoms with Crippen molar-refractivity contribution in [2.45, 2.75) is 20.8 Å². The molecule has 2 aromatic rings. The van der Waals surface area contributed by atoms with E-state index in [1.54, 1.807) is 12.4 Å². The van der Waals surface area contributed by atoms with E-state index in [1.807, 2.05) is 43.7 Å². The van der Waals surface area contributed by atoms with Crippen LogP contribution >= 0.6 is 0 Å². The number of rotatable bonds is 5. The van der Waals surface area contributed by atoms with E-state index in [0.717, 1.165) is 17.3 Å². The third-order valence-corrected chi connectivity index (χ3v) is 3.03. The summed E-state index contributed by atoms with van der Waals surface area (Å²) >= 11 is 0. The molecule has 0 aromatic carbocycles. The fourth-order valence-electron chi connectivity index (χ4n) is 1.72. The van der Waals surface area contributed by atoms with Crippen LogP contribution in [0.15, 0.2) is 30.7 Å². The highest BCUT2D eigenvalue weighted by molar-refractivity contribution is 5.57. The van der Waals surface area contributed by atoms with Crippen LogP contribution in [0.3, 0.4) is 0 Å². The second kappa shape index (κ2) is 5.40. The molecule has 0 aliphatic carbocycles. The summed E-state index contributed by atoms with van der Waals surface area (Å²) in [4.78, 5) is 8.62. The van der Waals surface area contributed by atoms with Crippen molar-refractivity contribution in [3.05, 3.63) is 36.5 Å². The zero-order chi connectivity index (χ0) is 13.9. The molecular weight excluding hydrogens is 240 g/mol. The van der Waals surface area contributed by atoms with Crippen LogP contribution in [0.5, 0.6) is 0 Å². The Balaban J connectivity index is 2.25. The van der Waals surface area contributed by atoms with Crippen LogP contribution in [-0.2, 0) is 0 Å². The Kier molecular flexibility index (Phi) is 3.85. The number of aromatic nitrogens is 3. The van der Waals surface area contributed by atoms with Crippen molar-refractivity contribution >= 4 is 5.69 Å². The van der Waals surface area contributed by atoms with E-state index in [1.165, 1.54) is 0 Å². The third kappa shape index (κ3) is 3.12. The average Bonchev–Trinajstić information content (AvgIpc) is 2.83. The van der Waals surface area contributed by atoms with Crippen molar-refractivity contribution in [2.24, 2.45) is 5.41 Å². The number of anilines is 1. The molecule has 0 saturated heterocycles. The minimum atomic E-state index is -0.170. The molecule has 0 unspecified atom stereocenters. The minimum Gasteiger partial charge on any atom is -0.396 e. The van der Waals surface area contributed by atoms with Crippen molar-refractivity contribution in [3.8, 4) is 5.82 Å². The van der Waals surface area contributed by atoms with Crippen molar-refractivity contribution in [1.82, 2.24) is 14.5 Å². The number of hydrogen-bond acceptors (Lipinski definition) is 4. The van der Waals surface area contributed by atoms with Crippen molar-refractivity contribution < 1.29 is 5.11 Å². The summed E-state index contributed by atoms with van der Waals surface area (Å²) in [6.45, 7) is 6.78. The molecule has 0 radical (unpaired) electrons. The van der Waals surface area contributed by atoms with E-state index in [4.69, 9.17) is 0 Å². The van der Waals surface area contributed by atoms with Gasteiger partial charge in [-0.2, -0.15) is 0 Å². The number of aliphatic hydroxyl groups excluding tert-OH is 1. The van der Waals surface area contributed by atoms with Crippen LogP contribution < -0.4 is 5.32 Å². The first-order chi connectivity index (χ1) is 9.03. The van der Waals surface area contributed by atoms with E-state index in [9.17, 15) is 5.11 Å². The quantitative estimate of drug-likeness (QED) is 0.863. The number of nitrogens with zero attached hydrogens (tertiary/aromatic N) is 3. The third-order valence-electron chi connectivity index (χ3n) is 3.03. The summed E-state index contributed by atoms with van der Waals surface area (Å²) in [5.41, 5.74) is 0.766. The van der Waals surface area contributed by atoms with Crippen molar-refractivity contribution in [1.29, 1.82) is 0 Å². The van der Waals surface area contributed by atoms with Crippen LogP contribution in [0.25, 0.3) is 5.82 Å². The Bertz CT molecular complexity index is 548. The molecule has 0 aliphatic heterocycles. The van der Waals surface area contributed by atoms with Gasteiger partial charge in [-0.05, 0) is 19.1 Å². The summed E-state index contributed by atoms with van der Waals surface area (Å²) in [6.07, 6.45) is 5.41. The Morgan fingerprint density at radius 3 is 2.74 bits per heavy atom. The number of nitrogens with one attached hydrogen (secondary N) is 1. The highest BCUT2D eigenvalue weighted by Crippen LogP contribution is 2.21. The van der Waals surface area contributed by atoms with Crippen molar-refractivity contribution in [2.75, 3.05) is 18.5 Å². The van der Waals surface area contributed by atoms with Crippen LogP contribution in [-0.4, -0.2) is 32.8 Å². The molecule has 0 saturated carbocycles. The van der Waals surface area contributed by atoms with Gasteiger partial charge in [0.25, 0.3) is 0 Å². The zero-order valence-electron chi connectivity index (χ0n) is 11.6. The number of pyridine rings is 1. The van der Waals surface area contributed by atoms with E-state index >= 15 is 0 Å². The maximum Gasteiger partial charge on any atom is 0.161 e. The van der Waals surface area contributed by atoms with E-state index in [2.05, 4.69) is 15.3 Å². The molecule has 0 amide bonds. The van der Waals surface area contributed by atoms with E-state index in [-0.39, 0.29) is 12.0 Å². The summed E-state index contributed by atoms with van der Waals surface area (Å²) in [5.74, 6) is 1.72. The molecule has 0 fully saturated rings. The molecule has 5 heteroatoms. The van der Waals surface area contributed by atoms with Gasteiger partial charge in [-0.3, -0.25) is 4.57 Å². The molecule has 0 atom stereocenters. The van der Waals surface area contributed by atoms with Crippen molar-refractivity contribution in [3.63, 3.8) is 0 Å². The summed E-state index contributed by atoms with van der Waals surface area (Å²) in [7, 11) is 0. The zero-order valence-corrected chi connectivity index (χ0v) is 11.6. The lowest BCUT2D eigenvalue weighted by atomic mass is 9.95. The van der Waals surface area contributed by atoms with Gasteiger partial charge >= 0.3 is 0 Å². The molecule has 2 N–H and O–H groups in total. The van der Waals surface area contributed by atoms with Gasteiger partial charge in [0.2, 0.25) is 0 Å². The molecule has 102 valence electrons. The maximum atomic E-state index is 9.30. The maximum absolute atomic E-state index is 9.30.